The highest BCUT2D eigenvalue weighted by atomic mass is 16.7. The van der Waals surface area contributed by atoms with Crippen LogP contribution in [-0.4, -0.2) is 73.9 Å². The molecule has 23 heavy (non-hydrogen) atoms. The van der Waals surface area contributed by atoms with Crippen LogP contribution in [0.15, 0.2) is 18.2 Å². The van der Waals surface area contributed by atoms with Crippen molar-refractivity contribution in [1.82, 2.24) is 0 Å². The lowest BCUT2D eigenvalue weighted by molar-refractivity contribution is -0.290. The van der Waals surface area contributed by atoms with E-state index in [4.69, 9.17) is 14.6 Å². The lowest BCUT2D eigenvalue weighted by atomic mass is 9.99. The van der Waals surface area contributed by atoms with Crippen molar-refractivity contribution in [3.8, 4) is 11.5 Å². The first-order valence-electron chi connectivity index (χ1n) is 6.84. The second-order valence-corrected chi connectivity index (χ2v) is 5.18. The standard InChI is InChI=1S/C14H18O9/c15-5-9-11(19)12(20)13(14(21)22-9)23-10(18)4-6-1-2-7(16)8(17)3-6/h1-3,9,11-17,19-21H,4-5H2/t9-,11-,12+,13-,14-/m1/s1. The highest BCUT2D eigenvalue weighted by Gasteiger charge is 2.45. The maximum Gasteiger partial charge on any atom is 0.310 e. The zero-order valence-electron chi connectivity index (χ0n) is 11.9. The topological polar surface area (TPSA) is 157 Å². The van der Waals surface area contributed by atoms with Gasteiger partial charge in [0, 0.05) is 0 Å². The molecule has 1 aliphatic heterocycles. The first-order chi connectivity index (χ1) is 10.8. The Labute approximate surface area is 130 Å². The molecule has 0 radical (unpaired) electrons. The number of rotatable bonds is 4. The predicted octanol–water partition coefficient (Wildman–Crippen LogP) is -2.02. The molecule has 1 aromatic carbocycles. The fourth-order valence-corrected chi connectivity index (χ4v) is 2.24. The van der Waals surface area contributed by atoms with Gasteiger partial charge in [-0.25, -0.2) is 0 Å². The lowest BCUT2D eigenvalue weighted by Gasteiger charge is -2.39. The Morgan fingerprint density at radius 1 is 1.13 bits per heavy atom. The molecule has 0 bridgehead atoms. The third-order valence-electron chi connectivity index (χ3n) is 3.50. The van der Waals surface area contributed by atoms with Crippen LogP contribution in [0.4, 0.5) is 0 Å². The predicted molar refractivity (Wildman–Crippen MR) is 73.3 cm³/mol. The molecule has 128 valence electrons. The van der Waals surface area contributed by atoms with Gasteiger partial charge < -0.3 is 40.1 Å². The number of ether oxygens (including phenoxy) is 2. The Kier molecular flexibility index (Phi) is 5.39. The summed E-state index contributed by atoms with van der Waals surface area (Å²) in [6.45, 7) is -0.622. The molecule has 1 fully saturated rings. The second-order valence-electron chi connectivity index (χ2n) is 5.18. The maximum absolute atomic E-state index is 11.9. The summed E-state index contributed by atoms with van der Waals surface area (Å²) in [6, 6.07) is 3.75. The van der Waals surface area contributed by atoms with Gasteiger partial charge in [-0.05, 0) is 17.7 Å². The minimum absolute atomic E-state index is 0.302. The number of aromatic hydroxyl groups is 2. The van der Waals surface area contributed by atoms with Crippen LogP contribution in [-0.2, 0) is 20.7 Å². The molecule has 1 aliphatic rings. The lowest BCUT2D eigenvalue weighted by Crippen LogP contribution is -2.59. The highest BCUT2D eigenvalue weighted by Crippen LogP contribution is 2.26. The van der Waals surface area contributed by atoms with Crippen molar-refractivity contribution in [1.29, 1.82) is 0 Å². The molecule has 0 unspecified atom stereocenters. The first kappa shape index (κ1) is 17.4. The van der Waals surface area contributed by atoms with E-state index in [1.807, 2.05) is 0 Å². The van der Waals surface area contributed by atoms with Crippen molar-refractivity contribution in [3.05, 3.63) is 23.8 Å². The largest absolute Gasteiger partial charge is 0.504 e. The van der Waals surface area contributed by atoms with Crippen LogP contribution in [0, 0.1) is 0 Å². The van der Waals surface area contributed by atoms with E-state index in [-0.39, 0.29) is 12.2 Å². The average Bonchev–Trinajstić information content (AvgIpc) is 2.51. The van der Waals surface area contributed by atoms with Crippen LogP contribution >= 0.6 is 0 Å². The number of hydrogen-bond donors (Lipinski definition) is 6. The molecule has 2 rings (SSSR count). The van der Waals surface area contributed by atoms with E-state index in [2.05, 4.69) is 0 Å². The van der Waals surface area contributed by atoms with Crippen LogP contribution in [0.25, 0.3) is 0 Å². The molecule has 1 aromatic rings. The third kappa shape index (κ3) is 3.89. The normalized spacial score (nSPS) is 30.9. The molecule has 9 nitrogen and oxygen atoms in total. The Hall–Kier alpha value is -1.91. The summed E-state index contributed by atoms with van der Waals surface area (Å²) in [4.78, 5) is 11.9. The first-order valence-corrected chi connectivity index (χ1v) is 6.84. The summed E-state index contributed by atoms with van der Waals surface area (Å²) in [5.41, 5.74) is 0.333. The number of phenols is 2. The second kappa shape index (κ2) is 7.11. The Bertz CT molecular complexity index is 561. The number of esters is 1. The molecule has 1 saturated heterocycles. The smallest absolute Gasteiger partial charge is 0.310 e. The molecular formula is C14H18O9. The number of benzene rings is 1. The molecule has 0 aromatic heterocycles. The van der Waals surface area contributed by atoms with Gasteiger partial charge in [0.15, 0.2) is 23.9 Å². The number of aliphatic hydroxyl groups excluding tert-OH is 4. The SMILES string of the molecule is O=C(Cc1ccc(O)c(O)c1)O[C@@H]1[C@@H](O)[C@H](O)[C@@H](CO)O[C@H]1O. The molecule has 1 heterocycles. The summed E-state index contributed by atoms with van der Waals surface area (Å²) in [5, 5.41) is 56.7. The molecule has 0 aliphatic carbocycles. The van der Waals surface area contributed by atoms with E-state index in [0.29, 0.717) is 5.56 Å². The van der Waals surface area contributed by atoms with Gasteiger partial charge >= 0.3 is 5.97 Å². The van der Waals surface area contributed by atoms with Crippen molar-refractivity contribution >= 4 is 5.97 Å². The number of aliphatic hydroxyl groups is 4. The van der Waals surface area contributed by atoms with E-state index >= 15 is 0 Å². The summed E-state index contributed by atoms with van der Waals surface area (Å²) >= 11 is 0. The van der Waals surface area contributed by atoms with E-state index in [0.717, 1.165) is 6.07 Å². The molecule has 0 amide bonds. The fourth-order valence-electron chi connectivity index (χ4n) is 2.24. The van der Waals surface area contributed by atoms with Crippen LogP contribution in [0.5, 0.6) is 11.5 Å². The van der Waals surface area contributed by atoms with Crippen LogP contribution in [0.3, 0.4) is 0 Å². The van der Waals surface area contributed by atoms with Gasteiger partial charge in [0.25, 0.3) is 0 Å². The summed E-state index contributed by atoms with van der Waals surface area (Å²) in [7, 11) is 0. The maximum atomic E-state index is 11.9. The van der Waals surface area contributed by atoms with Crippen molar-refractivity contribution in [2.45, 2.75) is 37.1 Å². The number of hydrogen-bond acceptors (Lipinski definition) is 9. The number of carbonyl (C=O) groups excluding carboxylic acids is 1. The van der Waals surface area contributed by atoms with E-state index in [1.54, 1.807) is 0 Å². The summed E-state index contributed by atoms with van der Waals surface area (Å²) in [6.07, 6.45) is -7.88. The quantitative estimate of drug-likeness (QED) is 0.271. The fraction of sp³-hybridized carbons (Fsp3) is 0.500. The molecule has 5 atom stereocenters. The van der Waals surface area contributed by atoms with Crippen molar-refractivity contribution < 1.29 is 44.9 Å². The number of carbonyl (C=O) groups is 1. The monoisotopic (exact) mass is 330 g/mol. The van der Waals surface area contributed by atoms with Gasteiger partial charge in [-0.1, -0.05) is 6.07 Å². The van der Waals surface area contributed by atoms with Crippen LogP contribution in [0.1, 0.15) is 5.56 Å². The van der Waals surface area contributed by atoms with Gasteiger partial charge in [0.05, 0.1) is 13.0 Å². The minimum Gasteiger partial charge on any atom is -0.504 e. The van der Waals surface area contributed by atoms with Gasteiger partial charge in [-0.2, -0.15) is 0 Å². The minimum atomic E-state index is -1.71. The van der Waals surface area contributed by atoms with Gasteiger partial charge in [-0.3, -0.25) is 4.79 Å². The molecule has 0 saturated carbocycles. The molecule has 0 spiro atoms. The summed E-state index contributed by atoms with van der Waals surface area (Å²) in [5.74, 6) is -1.60. The average molecular weight is 330 g/mol. The molecule has 9 heteroatoms. The molecule has 6 N–H and O–H groups in total. The highest BCUT2D eigenvalue weighted by molar-refractivity contribution is 5.73. The zero-order chi connectivity index (χ0) is 17.1. The van der Waals surface area contributed by atoms with Crippen molar-refractivity contribution in [2.24, 2.45) is 0 Å². The zero-order valence-corrected chi connectivity index (χ0v) is 11.9. The third-order valence-corrected chi connectivity index (χ3v) is 3.50. The van der Waals surface area contributed by atoms with Crippen molar-refractivity contribution in [2.75, 3.05) is 6.61 Å². The van der Waals surface area contributed by atoms with E-state index in [1.165, 1.54) is 12.1 Å². The molecular weight excluding hydrogens is 312 g/mol. The Morgan fingerprint density at radius 2 is 1.83 bits per heavy atom. The Balaban J connectivity index is 2.00. The van der Waals surface area contributed by atoms with Crippen molar-refractivity contribution in [3.63, 3.8) is 0 Å². The van der Waals surface area contributed by atoms with E-state index < -0.39 is 49.0 Å². The van der Waals surface area contributed by atoms with Crippen LogP contribution < -0.4 is 0 Å². The Morgan fingerprint density at radius 3 is 2.43 bits per heavy atom. The number of phenolic OH excluding ortho intramolecular Hbond substituents is 2. The van der Waals surface area contributed by atoms with Gasteiger partial charge in [0.2, 0.25) is 0 Å². The summed E-state index contributed by atoms with van der Waals surface area (Å²) < 4.78 is 9.77. The van der Waals surface area contributed by atoms with Gasteiger partial charge in [-0.15, -0.1) is 0 Å². The van der Waals surface area contributed by atoms with E-state index in [9.17, 15) is 30.3 Å². The van der Waals surface area contributed by atoms with Gasteiger partial charge in [0.1, 0.15) is 18.3 Å². The van der Waals surface area contributed by atoms with Crippen LogP contribution in [0.2, 0.25) is 0 Å².